The first-order valence-electron chi connectivity index (χ1n) is 6.01. The molecule has 0 aromatic heterocycles. The molecule has 2 rings (SSSR count). The number of rotatable bonds is 4. The molecule has 0 aromatic rings. The van der Waals surface area contributed by atoms with E-state index in [9.17, 15) is 4.79 Å². The molecule has 1 amide bonds. The first kappa shape index (κ1) is 11.8. The van der Waals surface area contributed by atoms with E-state index in [0.717, 1.165) is 25.8 Å². The molecule has 1 aliphatic carbocycles. The van der Waals surface area contributed by atoms with Gasteiger partial charge < -0.3 is 10.1 Å². The van der Waals surface area contributed by atoms with Crippen LogP contribution in [0.2, 0.25) is 0 Å². The molecule has 5 heteroatoms. The van der Waals surface area contributed by atoms with Crippen molar-refractivity contribution in [2.45, 2.75) is 50.4 Å². The fourth-order valence-electron chi connectivity index (χ4n) is 2.30. The van der Waals surface area contributed by atoms with Crippen LogP contribution in [-0.4, -0.2) is 37.8 Å². The molecule has 2 N–H and O–H groups in total. The first-order chi connectivity index (χ1) is 7.79. The molecule has 0 bridgehead atoms. The molecule has 0 spiro atoms. The Kier molecular flexibility index (Phi) is 4.15. The molecule has 2 unspecified atom stereocenters. The Morgan fingerprint density at radius 2 is 2.06 bits per heavy atom. The number of carbonyl (C=O) groups is 1. The number of hydrogen-bond donors (Lipinski definition) is 2. The minimum absolute atomic E-state index is 0.0774. The molecule has 0 radical (unpaired) electrons. The van der Waals surface area contributed by atoms with Crippen molar-refractivity contribution < 1.29 is 14.4 Å². The van der Waals surface area contributed by atoms with Gasteiger partial charge in [0.15, 0.2) is 0 Å². The third kappa shape index (κ3) is 2.93. The van der Waals surface area contributed by atoms with Crippen molar-refractivity contribution >= 4 is 5.91 Å². The van der Waals surface area contributed by atoms with Gasteiger partial charge in [0.1, 0.15) is 0 Å². The smallest absolute Gasteiger partial charge is 0.260 e. The van der Waals surface area contributed by atoms with E-state index in [-0.39, 0.29) is 24.2 Å². The predicted molar refractivity (Wildman–Crippen MR) is 58.7 cm³/mol. The van der Waals surface area contributed by atoms with E-state index >= 15 is 0 Å². The number of nitrogens with one attached hydrogen (secondary N) is 2. The standard InChI is InChI=1S/C11H20N2O3/c1-15-9-6-10(12-7-9)11(14)13-16-8-4-2-3-5-8/h8-10,12H,2-7H2,1H3,(H,13,14). The minimum atomic E-state index is -0.175. The Labute approximate surface area is 95.8 Å². The zero-order chi connectivity index (χ0) is 11.4. The normalized spacial score (nSPS) is 30.8. The van der Waals surface area contributed by atoms with E-state index in [1.165, 1.54) is 12.8 Å². The van der Waals surface area contributed by atoms with Crippen LogP contribution in [0.5, 0.6) is 0 Å². The molecule has 2 aliphatic rings. The SMILES string of the molecule is COC1CNC(C(=O)NOC2CCCC2)C1. The lowest BCUT2D eigenvalue weighted by molar-refractivity contribution is -0.140. The predicted octanol–water partition coefficient (Wildman–Crippen LogP) is 0.354. The van der Waals surface area contributed by atoms with E-state index in [1.54, 1.807) is 7.11 Å². The van der Waals surface area contributed by atoms with Crippen molar-refractivity contribution in [2.24, 2.45) is 0 Å². The van der Waals surface area contributed by atoms with Gasteiger partial charge in [-0.25, -0.2) is 5.48 Å². The van der Waals surface area contributed by atoms with E-state index in [0.29, 0.717) is 0 Å². The number of amides is 1. The fourth-order valence-corrected chi connectivity index (χ4v) is 2.30. The molecule has 1 saturated carbocycles. The first-order valence-corrected chi connectivity index (χ1v) is 6.01. The van der Waals surface area contributed by atoms with Crippen LogP contribution >= 0.6 is 0 Å². The molecule has 16 heavy (non-hydrogen) atoms. The maximum absolute atomic E-state index is 11.7. The highest BCUT2D eigenvalue weighted by Crippen LogP contribution is 2.20. The van der Waals surface area contributed by atoms with Crippen LogP contribution in [-0.2, 0) is 14.4 Å². The van der Waals surface area contributed by atoms with E-state index in [4.69, 9.17) is 9.57 Å². The molecule has 92 valence electrons. The third-order valence-corrected chi connectivity index (χ3v) is 3.37. The molecular formula is C11H20N2O3. The number of ether oxygens (including phenoxy) is 1. The summed E-state index contributed by atoms with van der Waals surface area (Å²) in [5.74, 6) is -0.0774. The molecule has 1 saturated heterocycles. The summed E-state index contributed by atoms with van der Waals surface area (Å²) in [4.78, 5) is 17.1. The monoisotopic (exact) mass is 228 g/mol. The third-order valence-electron chi connectivity index (χ3n) is 3.37. The second kappa shape index (κ2) is 5.61. The molecular weight excluding hydrogens is 208 g/mol. The van der Waals surface area contributed by atoms with Gasteiger partial charge >= 0.3 is 0 Å². The van der Waals surface area contributed by atoms with Crippen molar-refractivity contribution in [1.82, 2.24) is 10.8 Å². The Balaban J connectivity index is 1.67. The van der Waals surface area contributed by atoms with Gasteiger partial charge in [-0.1, -0.05) is 12.8 Å². The Bertz CT molecular complexity index is 241. The van der Waals surface area contributed by atoms with E-state index in [2.05, 4.69) is 10.8 Å². The summed E-state index contributed by atoms with van der Waals surface area (Å²) in [5.41, 5.74) is 2.55. The molecule has 5 nitrogen and oxygen atoms in total. The van der Waals surface area contributed by atoms with E-state index in [1.807, 2.05) is 0 Å². The van der Waals surface area contributed by atoms with Gasteiger partial charge in [-0.05, 0) is 19.3 Å². The molecule has 1 heterocycles. The van der Waals surface area contributed by atoms with Crippen molar-refractivity contribution in [3.63, 3.8) is 0 Å². The number of carbonyl (C=O) groups excluding carboxylic acids is 1. The maximum atomic E-state index is 11.7. The second-order valence-electron chi connectivity index (χ2n) is 4.54. The topological polar surface area (TPSA) is 59.6 Å². The molecule has 2 fully saturated rings. The average molecular weight is 228 g/mol. The lowest BCUT2D eigenvalue weighted by Crippen LogP contribution is -2.41. The average Bonchev–Trinajstić information content (AvgIpc) is 2.96. The summed E-state index contributed by atoms with van der Waals surface area (Å²) in [5, 5.41) is 3.12. The number of hydrogen-bond acceptors (Lipinski definition) is 4. The fraction of sp³-hybridized carbons (Fsp3) is 0.909. The summed E-state index contributed by atoms with van der Waals surface area (Å²) in [6.45, 7) is 0.734. The van der Waals surface area contributed by atoms with Crippen LogP contribution in [0.15, 0.2) is 0 Å². The van der Waals surface area contributed by atoms with Gasteiger partial charge in [0.05, 0.1) is 18.2 Å². The van der Waals surface area contributed by atoms with Gasteiger partial charge in [0.25, 0.3) is 5.91 Å². The van der Waals surface area contributed by atoms with E-state index < -0.39 is 0 Å². The Hall–Kier alpha value is -0.650. The van der Waals surface area contributed by atoms with Crippen molar-refractivity contribution in [3.05, 3.63) is 0 Å². The summed E-state index contributed by atoms with van der Waals surface area (Å²) in [7, 11) is 1.67. The summed E-state index contributed by atoms with van der Waals surface area (Å²) in [6, 6.07) is -0.175. The quantitative estimate of drug-likeness (QED) is 0.682. The zero-order valence-corrected chi connectivity index (χ0v) is 9.70. The summed E-state index contributed by atoms with van der Waals surface area (Å²) in [6.07, 6.45) is 5.59. The van der Waals surface area contributed by atoms with Gasteiger partial charge in [-0.3, -0.25) is 9.63 Å². The highest BCUT2D eigenvalue weighted by Gasteiger charge is 2.30. The largest absolute Gasteiger partial charge is 0.380 e. The molecule has 2 atom stereocenters. The molecule has 1 aliphatic heterocycles. The zero-order valence-electron chi connectivity index (χ0n) is 9.70. The maximum Gasteiger partial charge on any atom is 0.260 e. The second-order valence-corrected chi connectivity index (χ2v) is 4.54. The van der Waals surface area contributed by atoms with Crippen molar-refractivity contribution in [2.75, 3.05) is 13.7 Å². The van der Waals surface area contributed by atoms with Crippen LogP contribution in [0.4, 0.5) is 0 Å². The van der Waals surface area contributed by atoms with Crippen LogP contribution in [0.3, 0.4) is 0 Å². The minimum Gasteiger partial charge on any atom is -0.380 e. The highest BCUT2D eigenvalue weighted by atomic mass is 16.7. The Morgan fingerprint density at radius 1 is 1.31 bits per heavy atom. The van der Waals surface area contributed by atoms with Crippen molar-refractivity contribution in [3.8, 4) is 0 Å². The van der Waals surface area contributed by atoms with Crippen molar-refractivity contribution in [1.29, 1.82) is 0 Å². The van der Waals surface area contributed by atoms with Crippen LogP contribution in [0.1, 0.15) is 32.1 Å². The number of methoxy groups -OCH3 is 1. The van der Waals surface area contributed by atoms with Crippen LogP contribution in [0.25, 0.3) is 0 Å². The van der Waals surface area contributed by atoms with Gasteiger partial charge in [0, 0.05) is 13.7 Å². The van der Waals surface area contributed by atoms with Gasteiger partial charge in [0.2, 0.25) is 0 Å². The number of hydroxylamine groups is 1. The lowest BCUT2D eigenvalue weighted by Gasteiger charge is -2.14. The highest BCUT2D eigenvalue weighted by molar-refractivity contribution is 5.81. The summed E-state index contributed by atoms with van der Waals surface area (Å²) < 4.78 is 5.19. The van der Waals surface area contributed by atoms with Crippen LogP contribution < -0.4 is 10.8 Å². The van der Waals surface area contributed by atoms with Crippen LogP contribution in [0, 0.1) is 0 Å². The molecule has 0 aromatic carbocycles. The lowest BCUT2D eigenvalue weighted by atomic mass is 10.2. The van der Waals surface area contributed by atoms with Gasteiger partial charge in [-0.2, -0.15) is 0 Å². The van der Waals surface area contributed by atoms with Gasteiger partial charge in [-0.15, -0.1) is 0 Å². The Morgan fingerprint density at radius 3 is 2.69 bits per heavy atom. The summed E-state index contributed by atoms with van der Waals surface area (Å²) >= 11 is 0.